The van der Waals surface area contributed by atoms with Gasteiger partial charge in [-0.25, -0.2) is 0 Å². The standard InChI is InChI=1S/C19H30N4O/c1-4-14-24-18-9-7-6-8-16(18)15-22-19(20-3)21-12-13-23(5-2)17-10-11-17/h4,6-9,17H,1,5,10-15H2,2-3H3,(H2,20,21,22). The van der Waals surface area contributed by atoms with E-state index >= 15 is 0 Å². The van der Waals surface area contributed by atoms with E-state index in [0.29, 0.717) is 13.2 Å². The van der Waals surface area contributed by atoms with Crippen molar-refractivity contribution in [3.05, 3.63) is 42.5 Å². The summed E-state index contributed by atoms with van der Waals surface area (Å²) in [7, 11) is 1.80. The van der Waals surface area contributed by atoms with E-state index in [1.807, 2.05) is 18.2 Å². The van der Waals surface area contributed by atoms with Crippen LogP contribution in [-0.2, 0) is 6.54 Å². The van der Waals surface area contributed by atoms with Crippen molar-refractivity contribution >= 4 is 5.96 Å². The van der Waals surface area contributed by atoms with Gasteiger partial charge in [-0.2, -0.15) is 0 Å². The number of hydrogen-bond acceptors (Lipinski definition) is 3. The lowest BCUT2D eigenvalue weighted by Gasteiger charge is -2.21. The highest BCUT2D eigenvalue weighted by molar-refractivity contribution is 5.79. The van der Waals surface area contributed by atoms with Gasteiger partial charge in [-0.3, -0.25) is 9.89 Å². The number of hydrogen-bond donors (Lipinski definition) is 2. The first-order valence-corrected chi connectivity index (χ1v) is 8.78. The number of nitrogens with zero attached hydrogens (tertiary/aromatic N) is 2. The predicted molar refractivity (Wildman–Crippen MR) is 101 cm³/mol. The molecule has 1 saturated carbocycles. The summed E-state index contributed by atoms with van der Waals surface area (Å²) >= 11 is 0. The van der Waals surface area contributed by atoms with Gasteiger partial charge in [0.25, 0.3) is 0 Å². The van der Waals surface area contributed by atoms with Gasteiger partial charge in [0.1, 0.15) is 12.4 Å². The molecule has 0 radical (unpaired) electrons. The fourth-order valence-electron chi connectivity index (χ4n) is 2.70. The second-order valence-electron chi connectivity index (χ2n) is 5.92. The van der Waals surface area contributed by atoms with Crippen LogP contribution in [0, 0.1) is 0 Å². The number of ether oxygens (including phenoxy) is 1. The Bertz CT molecular complexity index is 540. The largest absolute Gasteiger partial charge is 0.489 e. The molecule has 132 valence electrons. The predicted octanol–water partition coefficient (Wildman–Crippen LogP) is 2.40. The molecule has 1 fully saturated rings. The molecule has 1 aromatic carbocycles. The first-order chi connectivity index (χ1) is 11.8. The Labute approximate surface area is 145 Å². The molecular weight excluding hydrogens is 300 g/mol. The van der Waals surface area contributed by atoms with Crippen LogP contribution in [0.25, 0.3) is 0 Å². The third-order valence-electron chi connectivity index (χ3n) is 4.16. The molecule has 0 saturated heterocycles. The van der Waals surface area contributed by atoms with Crippen LogP contribution in [0.4, 0.5) is 0 Å². The summed E-state index contributed by atoms with van der Waals surface area (Å²) in [4.78, 5) is 6.82. The maximum absolute atomic E-state index is 5.69. The monoisotopic (exact) mass is 330 g/mol. The molecule has 0 unspecified atom stereocenters. The zero-order chi connectivity index (χ0) is 17.2. The summed E-state index contributed by atoms with van der Waals surface area (Å²) in [6.07, 6.45) is 4.45. The summed E-state index contributed by atoms with van der Waals surface area (Å²) < 4.78 is 5.69. The Morgan fingerprint density at radius 3 is 2.83 bits per heavy atom. The molecule has 0 heterocycles. The Balaban J connectivity index is 1.77. The van der Waals surface area contributed by atoms with Gasteiger partial charge in [0, 0.05) is 38.3 Å². The van der Waals surface area contributed by atoms with E-state index in [9.17, 15) is 0 Å². The number of aliphatic imine (C=N–C) groups is 1. The van der Waals surface area contributed by atoms with Crippen LogP contribution >= 0.6 is 0 Å². The Morgan fingerprint density at radius 1 is 1.38 bits per heavy atom. The van der Waals surface area contributed by atoms with Crippen molar-refractivity contribution in [1.82, 2.24) is 15.5 Å². The van der Waals surface area contributed by atoms with E-state index in [2.05, 4.69) is 40.1 Å². The van der Waals surface area contributed by atoms with E-state index in [1.165, 1.54) is 12.8 Å². The lowest BCUT2D eigenvalue weighted by atomic mass is 10.2. The summed E-state index contributed by atoms with van der Waals surface area (Å²) in [6.45, 7) is 10.2. The van der Waals surface area contributed by atoms with Gasteiger partial charge in [-0.15, -0.1) is 0 Å². The molecule has 0 aromatic heterocycles. The number of guanidine groups is 1. The minimum absolute atomic E-state index is 0.512. The SMILES string of the molecule is C=CCOc1ccccc1CNC(=NC)NCCN(CC)C1CC1. The third-order valence-corrected chi connectivity index (χ3v) is 4.16. The van der Waals surface area contributed by atoms with E-state index in [4.69, 9.17) is 4.74 Å². The number of benzene rings is 1. The summed E-state index contributed by atoms with van der Waals surface area (Å²) in [5.74, 6) is 1.70. The molecule has 1 aliphatic rings. The zero-order valence-electron chi connectivity index (χ0n) is 14.9. The van der Waals surface area contributed by atoms with Crippen LogP contribution in [0.3, 0.4) is 0 Å². The number of para-hydroxylation sites is 1. The van der Waals surface area contributed by atoms with Gasteiger partial charge >= 0.3 is 0 Å². The average Bonchev–Trinajstić information content (AvgIpc) is 3.45. The van der Waals surface area contributed by atoms with Crippen LogP contribution in [0.2, 0.25) is 0 Å². The van der Waals surface area contributed by atoms with E-state index < -0.39 is 0 Å². The van der Waals surface area contributed by atoms with Gasteiger partial charge in [0.05, 0.1) is 0 Å². The molecule has 0 amide bonds. The average molecular weight is 330 g/mol. The second kappa shape index (κ2) is 9.98. The molecule has 1 aromatic rings. The zero-order valence-corrected chi connectivity index (χ0v) is 14.9. The van der Waals surface area contributed by atoms with Gasteiger partial charge in [-0.05, 0) is 25.5 Å². The topological polar surface area (TPSA) is 48.9 Å². The van der Waals surface area contributed by atoms with E-state index in [-0.39, 0.29) is 0 Å². The fraction of sp³-hybridized carbons (Fsp3) is 0.526. The highest BCUT2D eigenvalue weighted by atomic mass is 16.5. The van der Waals surface area contributed by atoms with Crippen molar-refractivity contribution in [1.29, 1.82) is 0 Å². The van der Waals surface area contributed by atoms with Crippen molar-refractivity contribution in [2.45, 2.75) is 32.4 Å². The van der Waals surface area contributed by atoms with E-state index in [0.717, 1.165) is 42.9 Å². The number of rotatable bonds is 10. The Hall–Kier alpha value is -2.01. The quantitative estimate of drug-likeness (QED) is 0.393. The Kier molecular flexibility index (Phi) is 7.62. The molecular formula is C19H30N4O. The highest BCUT2D eigenvalue weighted by Gasteiger charge is 2.27. The van der Waals surface area contributed by atoms with Crippen molar-refractivity contribution in [2.75, 3.05) is 33.3 Å². The van der Waals surface area contributed by atoms with E-state index in [1.54, 1.807) is 13.1 Å². The molecule has 2 N–H and O–H groups in total. The smallest absolute Gasteiger partial charge is 0.191 e. The maximum Gasteiger partial charge on any atom is 0.191 e. The van der Waals surface area contributed by atoms with Crippen molar-refractivity contribution in [3.8, 4) is 5.75 Å². The first kappa shape index (κ1) is 18.3. The van der Waals surface area contributed by atoms with Crippen molar-refractivity contribution in [3.63, 3.8) is 0 Å². The van der Waals surface area contributed by atoms with Crippen LogP contribution in [-0.4, -0.2) is 50.2 Å². The molecule has 24 heavy (non-hydrogen) atoms. The van der Waals surface area contributed by atoms with Crippen LogP contribution < -0.4 is 15.4 Å². The number of nitrogens with one attached hydrogen (secondary N) is 2. The van der Waals surface area contributed by atoms with Crippen LogP contribution in [0.1, 0.15) is 25.3 Å². The fourth-order valence-corrected chi connectivity index (χ4v) is 2.70. The molecule has 5 heteroatoms. The molecule has 0 atom stereocenters. The van der Waals surface area contributed by atoms with Gasteiger partial charge in [0.15, 0.2) is 5.96 Å². The molecule has 0 spiro atoms. The van der Waals surface area contributed by atoms with Crippen LogP contribution in [0.15, 0.2) is 41.9 Å². The normalized spacial score (nSPS) is 14.5. The third kappa shape index (κ3) is 5.89. The molecule has 0 bridgehead atoms. The highest BCUT2D eigenvalue weighted by Crippen LogP contribution is 2.25. The summed E-state index contributed by atoms with van der Waals surface area (Å²) in [5.41, 5.74) is 1.11. The second-order valence-corrected chi connectivity index (χ2v) is 5.92. The van der Waals surface area contributed by atoms with Crippen LogP contribution in [0.5, 0.6) is 5.75 Å². The number of likely N-dealkylation sites (N-methyl/N-ethyl adjacent to an activating group) is 1. The minimum atomic E-state index is 0.512. The van der Waals surface area contributed by atoms with Gasteiger partial charge in [0.2, 0.25) is 0 Å². The minimum Gasteiger partial charge on any atom is -0.489 e. The Morgan fingerprint density at radius 2 is 2.17 bits per heavy atom. The lowest BCUT2D eigenvalue weighted by Crippen LogP contribution is -2.41. The molecule has 0 aliphatic heterocycles. The molecule has 1 aliphatic carbocycles. The van der Waals surface area contributed by atoms with Gasteiger partial charge < -0.3 is 15.4 Å². The maximum atomic E-state index is 5.69. The first-order valence-electron chi connectivity index (χ1n) is 8.78. The van der Waals surface area contributed by atoms with Crippen molar-refractivity contribution < 1.29 is 4.74 Å². The molecule has 5 nitrogen and oxygen atoms in total. The summed E-state index contributed by atoms with van der Waals surface area (Å²) in [6, 6.07) is 8.84. The van der Waals surface area contributed by atoms with Crippen molar-refractivity contribution in [2.24, 2.45) is 4.99 Å². The van der Waals surface area contributed by atoms with Gasteiger partial charge in [-0.1, -0.05) is 37.8 Å². The summed E-state index contributed by atoms with van der Waals surface area (Å²) in [5, 5.41) is 6.74. The lowest BCUT2D eigenvalue weighted by molar-refractivity contribution is 0.282. The molecule has 2 rings (SSSR count).